The summed E-state index contributed by atoms with van der Waals surface area (Å²) in [6.07, 6.45) is 0.947. The molecule has 1 unspecified atom stereocenters. The molecule has 0 saturated carbocycles. The second kappa shape index (κ2) is 6.97. The Bertz CT molecular complexity index is 419. The third-order valence-electron chi connectivity index (χ3n) is 2.27. The molecule has 1 heterocycles. The van der Waals surface area contributed by atoms with Crippen LogP contribution in [0.1, 0.15) is 16.7 Å². The monoisotopic (exact) mass is 272 g/mol. The predicted molar refractivity (Wildman–Crippen MR) is 67.6 cm³/mol. The van der Waals surface area contributed by atoms with Crippen LogP contribution in [0.4, 0.5) is 4.79 Å². The van der Waals surface area contributed by atoms with Gasteiger partial charge in [-0.15, -0.1) is 11.3 Å². The Kier molecular flexibility index (Phi) is 5.60. The summed E-state index contributed by atoms with van der Waals surface area (Å²) >= 11 is 1.60. The number of aliphatic carboxylic acids is 1. The van der Waals surface area contributed by atoms with Crippen LogP contribution in [0.15, 0.2) is 12.1 Å². The van der Waals surface area contributed by atoms with Crippen molar-refractivity contribution in [1.82, 2.24) is 10.6 Å². The van der Waals surface area contributed by atoms with Gasteiger partial charge in [-0.3, -0.25) is 0 Å². The highest BCUT2D eigenvalue weighted by Crippen LogP contribution is 2.16. The number of amides is 2. The van der Waals surface area contributed by atoms with E-state index in [1.165, 1.54) is 4.88 Å². The minimum atomic E-state index is -1.28. The number of hydrogen-bond acceptors (Lipinski definition) is 4. The van der Waals surface area contributed by atoms with Gasteiger partial charge < -0.3 is 20.8 Å². The van der Waals surface area contributed by atoms with Crippen LogP contribution in [0.5, 0.6) is 0 Å². The maximum absolute atomic E-state index is 11.4. The van der Waals surface area contributed by atoms with Crippen LogP contribution in [0.3, 0.4) is 0 Å². The first-order chi connectivity index (χ1) is 8.56. The van der Waals surface area contributed by atoms with Crippen molar-refractivity contribution in [1.29, 1.82) is 0 Å². The number of carbonyl (C=O) groups excluding carboxylic acids is 1. The number of aliphatic hydroxyl groups excluding tert-OH is 1. The van der Waals surface area contributed by atoms with Crippen LogP contribution in [0.2, 0.25) is 0 Å². The minimum Gasteiger partial charge on any atom is -0.480 e. The molecule has 0 aliphatic carbocycles. The lowest BCUT2D eigenvalue weighted by Gasteiger charge is -2.12. The maximum atomic E-state index is 11.4. The minimum absolute atomic E-state index is 0.342. The van der Waals surface area contributed by atoms with E-state index in [9.17, 15) is 9.59 Å². The molecule has 0 fully saturated rings. The number of carbonyl (C=O) groups is 2. The molecule has 0 radical (unpaired) electrons. The fourth-order valence-electron chi connectivity index (χ4n) is 1.27. The summed E-state index contributed by atoms with van der Waals surface area (Å²) in [6.45, 7) is 1.75. The number of aliphatic hydroxyl groups is 1. The zero-order valence-electron chi connectivity index (χ0n) is 9.97. The van der Waals surface area contributed by atoms with Gasteiger partial charge in [-0.25, -0.2) is 9.59 Å². The van der Waals surface area contributed by atoms with Crippen molar-refractivity contribution >= 4 is 23.3 Å². The van der Waals surface area contributed by atoms with Gasteiger partial charge in [0.15, 0.2) is 6.04 Å². The summed E-state index contributed by atoms with van der Waals surface area (Å²) in [6, 6.07) is 2.03. The molecule has 18 heavy (non-hydrogen) atoms. The number of aryl methyl sites for hydroxylation is 1. The summed E-state index contributed by atoms with van der Waals surface area (Å²) in [5.41, 5.74) is 0. The second-order valence-electron chi connectivity index (χ2n) is 3.62. The number of nitrogens with one attached hydrogen (secondary N) is 2. The Morgan fingerprint density at radius 2 is 2.06 bits per heavy atom. The Hall–Kier alpha value is -1.60. The molecule has 1 aromatic heterocycles. The van der Waals surface area contributed by atoms with E-state index in [-0.39, 0.29) is 0 Å². The summed E-state index contributed by atoms with van der Waals surface area (Å²) < 4.78 is 0. The van der Waals surface area contributed by atoms with Gasteiger partial charge in [-0.1, -0.05) is 6.92 Å². The number of urea groups is 1. The molecule has 1 rings (SSSR count). The largest absolute Gasteiger partial charge is 0.480 e. The van der Waals surface area contributed by atoms with Crippen LogP contribution >= 0.6 is 11.3 Å². The van der Waals surface area contributed by atoms with Crippen LogP contribution in [0.25, 0.3) is 0 Å². The first kappa shape index (κ1) is 14.5. The molecule has 0 saturated heterocycles. The van der Waals surface area contributed by atoms with Crippen molar-refractivity contribution in [2.75, 3.05) is 6.61 Å². The highest BCUT2D eigenvalue weighted by atomic mass is 32.1. The van der Waals surface area contributed by atoms with E-state index in [0.29, 0.717) is 6.54 Å². The lowest BCUT2D eigenvalue weighted by Crippen LogP contribution is -2.47. The first-order valence-electron chi connectivity index (χ1n) is 5.52. The number of carboxylic acids is 1. The van der Waals surface area contributed by atoms with E-state index in [0.717, 1.165) is 11.3 Å². The van der Waals surface area contributed by atoms with Crippen molar-refractivity contribution in [2.24, 2.45) is 0 Å². The molecule has 0 bridgehead atoms. The van der Waals surface area contributed by atoms with Gasteiger partial charge in [0.2, 0.25) is 0 Å². The first-order valence-corrected chi connectivity index (χ1v) is 6.34. The van der Waals surface area contributed by atoms with E-state index in [2.05, 4.69) is 17.6 Å². The van der Waals surface area contributed by atoms with Gasteiger partial charge in [0, 0.05) is 9.75 Å². The van der Waals surface area contributed by atoms with E-state index < -0.39 is 24.6 Å². The zero-order chi connectivity index (χ0) is 13.5. The summed E-state index contributed by atoms with van der Waals surface area (Å²) in [5.74, 6) is -1.27. The summed E-state index contributed by atoms with van der Waals surface area (Å²) in [7, 11) is 0. The van der Waals surface area contributed by atoms with Crippen LogP contribution in [0, 0.1) is 0 Å². The second-order valence-corrected chi connectivity index (χ2v) is 4.87. The SMILES string of the molecule is CCc1ccc(CNC(=O)NC(CO)C(=O)O)s1. The van der Waals surface area contributed by atoms with Gasteiger partial charge in [0.1, 0.15) is 0 Å². The van der Waals surface area contributed by atoms with E-state index in [1.54, 1.807) is 11.3 Å². The number of hydrogen-bond donors (Lipinski definition) is 4. The van der Waals surface area contributed by atoms with Crippen molar-refractivity contribution in [2.45, 2.75) is 25.9 Å². The molecular formula is C11H16N2O4S. The highest BCUT2D eigenvalue weighted by Gasteiger charge is 2.18. The quantitative estimate of drug-likeness (QED) is 0.608. The number of thiophene rings is 1. The van der Waals surface area contributed by atoms with Crippen molar-refractivity contribution in [3.05, 3.63) is 21.9 Å². The predicted octanol–water partition coefficient (Wildman–Crippen LogP) is 0.555. The molecule has 1 atom stereocenters. The summed E-state index contributed by atoms with van der Waals surface area (Å²) in [5, 5.41) is 22.1. The van der Waals surface area contributed by atoms with Crippen LogP contribution < -0.4 is 10.6 Å². The lowest BCUT2D eigenvalue weighted by atomic mass is 10.3. The fraction of sp³-hybridized carbons (Fsp3) is 0.455. The number of carboxylic acid groups (broad SMARTS) is 1. The average Bonchev–Trinajstić information content (AvgIpc) is 2.81. The lowest BCUT2D eigenvalue weighted by molar-refractivity contribution is -0.140. The van der Waals surface area contributed by atoms with E-state index in [1.807, 2.05) is 12.1 Å². The molecule has 100 valence electrons. The molecule has 0 aliphatic rings. The fourth-order valence-corrected chi connectivity index (χ4v) is 2.17. The van der Waals surface area contributed by atoms with Crippen LogP contribution in [-0.4, -0.2) is 34.9 Å². The van der Waals surface area contributed by atoms with Gasteiger partial charge in [-0.2, -0.15) is 0 Å². The molecule has 0 aliphatic heterocycles. The molecule has 6 nitrogen and oxygen atoms in total. The van der Waals surface area contributed by atoms with Gasteiger partial charge >= 0.3 is 12.0 Å². The average molecular weight is 272 g/mol. The highest BCUT2D eigenvalue weighted by molar-refractivity contribution is 7.11. The Morgan fingerprint density at radius 1 is 1.39 bits per heavy atom. The Morgan fingerprint density at radius 3 is 2.56 bits per heavy atom. The third-order valence-corrected chi connectivity index (χ3v) is 3.50. The number of rotatable bonds is 6. The molecular weight excluding hydrogens is 256 g/mol. The van der Waals surface area contributed by atoms with Gasteiger partial charge in [0.05, 0.1) is 13.2 Å². The molecule has 0 spiro atoms. The Balaban J connectivity index is 2.38. The maximum Gasteiger partial charge on any atom is 0.328 e. The normalized spacial score (nSPS) is 11.9. The van der Waals surface area contributed by atoms with Crippen molar-refractivity contribution < 1.29 is 19.8 Å². The zero-order valence-corrected chi connectivity index (χ0v) is 10.8. The van der Waals surface area contributed by atoms with Gasteiger partial charge in [-0.05, 0) is 18.6 Å². The Labute approximate surface area is 109 Å². The van der Waals surface area contributed by atoms with Crippen LogP contribution in [-0.2, 0) is 17.8 Å². The molecule has 7 heteroatoms. The smallest absolute Gasteiger partial charge is 0.328 e. The van der Waals surface area contributed by atoms with E-state index in [4.69, 9.17) is 10.2 Å². The van der Waals surface area contributed by atoms with Crippen molar-refractivity contribution in [3.8, 4) is 0 Å². The topological polar surface area (TPSA) is 98.7 Å². The molecule has 2 amide bonds. The van der Waals surface area contributed by atoms with Crippen molar-refractivity contribution in [3.63, 3.8) is 0 Å². The van der Waals surface area contributed by atoms with E-state index >= 15 is 0 Å². The molecule has 1 aromatic rings. The molecule has 4 N–H and O–H groups in total. The van der Waals surface area contributed by atoms with Gasteiger partial charge in [0.25, 0.3) is 0 Å². The summed E-state index contributed by atoms with van der Waals surface area (Å²) in [4.78, 5) is 24.2. The third kappa shape index (κ3) is 4.34. The standard InChI is InChI=1S/C11H16N2O4S/c1-2-7-3-4-8(18-7)5-12-11(17)13-9(6-14)10(15)16/h3-4,9,14H,2,5-6H2,1H3,(H,15,16)(H2,12,13,17). The molecule has 0 aromatic carbocycles.